The molecule has 0 aromatic rings. The van der Waals surface area contributed by atoms with Crippen LogP contribution in [-0.2, 0) is 28.7 Å². The number of ether oxygens (including phenoxy) is 2. The largest absolute Gasteiger partial charge is 0.481 e. The van der Waals surface area contributed by atoms with Gasteiger partial charge in [-0.05, 0) is 32.2 Å². The fourth-order valence-corrected chi connectivity index (χ4v) is 2.88. The van der Waals surface area contributed by atoms with Crippen molar-refractivity contribution in [2.75, 3.05) is 19.7 Å². The molecule has 0 rings (SSSR count). The van der Waals surface area contributed by atoms with E-state index in [0.717, 1.165) is 19.3 Å². The van der Waals surface area contributed by atoms with Crippen LogP contribution in [0.3, 0.4) is 0 Å². The summed E-state index contributed by atoms with van der Waals surface area (Å²) in [7, 11) is 0. The Morgan fingerprint density at radius 2 is 1.72 bits per heavy atom. The zero-order chi connectivity index (χ0) is 24.6. The minimum absolute atomic E-state index is 0.102. The van der Waals surface area contributed by atoms with Crippen molar-refractivity contribution in [2.24, 2.45) is 16.9 Å². The van der Waals surface area contributed by atoms with Crippen LogP contribution < -0.4 is 16.8 Å². The molecule has 0 aliphatic heterocycles. The number of carboxylic acid groups (broad SMARTS) is 1. The highest BCUT2D eigenvalue weighted by molar-refractivity contribution is 5.86. The maximum absolute atomic E-state index is 12.8. The first-order chi connectivity index (χ1) is 15.0. The summed E-state index contributed by atoms with van der Waals surface area (Å²) in [5.41, 5.74) is 10.3. The van der Waals surface area contributed by atoms with E-state index in [1.165, 1.54) is 0 Å². The number of hydrogen-bond donors (Lipinski definition) is 4. The normalized spacial score (nSPS) is 13.2. The molecule has 10 heteroatoms. The molecule has 0 aliphatic carbocycles. The predicted molar refractivity (Wildman–Crippen MR) is 120 cm³/mol. The SMILES string of the molecule is CCCCCC(=O)OCC(C)(C)C(OC(=O)[C@@H](N)CCCCN)C(=O)NCCCC(=O)O. The van der Waals surface area contributed by atoms with Crippen molar-refractivity contribution >= 4 is 23.8 Å². The number of aliphatic carboxylic acids is 1. The fourth-order valence-electron chi connectivity index (χ4n) is 2.88. The van der Waals surface area contributed by atoms with E-state index in [0.29, 0.717) is 25.8 Å². The van der Waals surface area contributed by atoms with Crippen LogP contribution in [0.15, 0.2) is 0 Å². The third-order valence-electron chi connectivity index (χ3n) is 4.91. The van der Waals surface area contributed by atoms with E-state index in [1.54, 1.807) is 13.8 Å². The lowest BCUT2D eigenvalue weighted by Gasteiger charge is -2.33. The van der Waals surface area contributed by atoms with Gasteiger partial charge in [-0.15, -0.1) is 0 Å². The molecular formula is C22H41N3O7. The van der Waals surface area contributed by atoms with Crippen molar-refractivity contribution in [2.45, 2.75) is 90.7 Å². The van der Waals surface area contributed by atoms with Gasteiger partial charge in [-0.3, -0.25) is 19.2 Å². The Morgan fingerprint density at radius 1 is 1.03 bits per heavy atom. The van der Waals surface area contributed by atoms with E-state index in [1.807, 2.05) is 6.92 Å². The number of nitrogens with one attached hydrogen (secondary N) is 1. The topological polar surface area (TPSA) is 171 Å². The molecule has 32 heavy (non-hydrogen) atoms. The molecular weight excluding hydrogens is 418 g/mol. The van der Waals surface area contributed by atoms with Crippen molar-refractivity contribution in [1.29, 1.82) is 0 Å². The van der Waals surface area contributed by atoms with Crippen molar-refractivity contribution in [3.05, 3.63) is 0 Å². The molecule has 0 spiro atoms. The average molecular weight is 460 g/mol. The second-order valence-electron chi connectivity index (χ2n) is 8.60. The second-order valence-corrected chi connectivity index (χ2v) is 8.60. The minimum atomic E-state index is -1.26. The summed E-state index contributed by atoms with van der Waals surface area (Å²) in [5, 5.41) is 11.3. The number of amides is 1. The number of rotatable bonds is 18. The van der Waals surface area contributed by atoms with Crippen LogP contribution in [-0.4, -0.2) is 60.8 Å². The first-order valence-electron chi connectivity index (χ1n) is 11.4. The monoisotopic (exact) mass is 459 g/mol. The first kappa shape index (κ1) is 29.8. The van der Waals surface area contributed by atoms with Gasteiger partial charge in [0, 0.05) is 24.8 Å². The number of hydrogen-bond acceptors (Lipinski definition) is 8. The van der Waals surface area contributed by atoms with Crippen molar-refractivity contribution in [3.63, 3.8) is 0 Å². The van der Waals surface area contributed by atoms with Crippen LogP contribution in [0.2, 0.25) is 0 Å². The van der Waals surface area contributed by atoms with Gasteiger partial charge >= 0.3 is 17.9 Å². The van der Waals surface area contributed by atoms with Gasteiger partial charge in [0.05, 0.1) is 0 Å². The van der Waals surface area contributed by atoms with Gasteiger partial charge in [-0.1, -0.05) is 40.0 Å². The van der Waals surface area contributed by atoms with Crippen LogP contribution in [0.4, 0.5) is 0 Å². The summed E-state index contributed by atoms with van der Waals surface area (Å²) in [5.74, 6) is -2.67. The summed E-state index contributed by atoms with van der Waals surface area (Å²) < 4.78 is 10.8. The molecule has 0 fully saturated rings. The van der Waals surface area contributed by atoms with Crippen molar-refractivity contribution < 1.29 is 33.8 Å². The van der Waals surface area contributed by atoms with Crippen LogP contribution in [0, 0.1) is 5.41 Å². The zero-order valence-electron chi connectivity index (χ0n) is 19.7. The molecule has 0 saturated carbocycles. The van der Waals surface area contributed by atoms with Gasteiger partial charge in [0.2, 0.25) is 0 Å². The summed E-state index contributed by atoms with van der Waals surface area (Å²) in [6.45, 7) is 5.81. The van der Waals surface area contributed by atoms with Gasteiger partial charge < -0.3 is 31.4 Å². The van der Waals surface area contributed by atoms with E-state index in [9.17, 15) is 19.2 Å². The van der Waals surface area contributed by atoms with Gasteiger partial charge in [0.15, 0.2) is 6.10 Å². The number of nitrogens with two attached hydrogens (primary N) is 2. The average Bonchev–Trinajstić information content (AvgIpc) is 2.73. The fraction of sp³-hybridized carbons (Fsp3) is 0.818. The van der Waals surface area contributed by atoms with Crippen LogP contribution in [0.25, 0.3) is 0 Å². The van der Waals surface area contributed by atoms with Crippen LogP contribution >= 0.6 is 0 Å². The molecule has 1 unspecified atom stereocenters. The molecule has 0 aromatic carbocycles. The summed E-state index contributed by atoms with van der Waals surface area (Å²) in [6, 6.07) is -0.906. The lowest BCUT2D eigenvalue weighted by molar-refractivity contribution is -0.170. The number of carbonyl (C=O) groups excluding carboxylic acids is 3. The second kappa shape index (κ2) is 16.4. The summed E-state index contributed by atoms with van der Waals surface area (Å²) in [6.07, 6.45) is 3.50. The molecule has 0 aliphatic rings. The van der Waals surface area contributed by atoms with E-state index < -0.39 is 35.4 Å². The van der Waals surface area contributed by atoms with Gasteiger partial charge in [0.25, 0.3) is 5.91 Å². The highest BCUT2D eigenvalue weighted by atomic mass is 16.6. The Kier molecular flexibility index (Phi) is 15.3. The van der Waals surface area contributed by atoms with E-state index >= 15 is 0 Å². The van der Waals surface area contributed by atoms with Crippen molar-refractivity contribution in [3.8, 4) is 0 Å². The quantitative estimate of drug-likeness (QED) is 0.175. The van der Waals surface area contributed by atoms with Gasteiger partial charge in [0.1, 0.15) is 12.6 Å². The highest BCUT2D eigenvalue weighted by Crippen LogP contribution is 2.25. The molecule has 0 bridgehead atoms. The Hall–Kier alpha value is -2.20. The Morgan fingerprint density at radius 3 is 2.31 bits per heavy atom. The maximum Gasteiger partial charge on any atom is 0.323 e. The molecule has 186 valence electrons. The highest BCUT2D eigenvalue weighted by Gasteiger charge is 2.40. The molecule has 1 amide bonds. The van der Waals surface area contributed by atoms with E-state index in [2.05, 4.69) is 5.32 Å². The molecule has 10 nitrogen and oxygen atoms in total. The third-order valence-corrected chi connectivity index (χ3v) is 4.91. The molecule has 2 atom stereocenters. The lowest BCUT2D eigenvalue weighted by atomic mass is 9.86. The van der Waals surface area contributed by atoms with Gasteiger partial charge in [-0.25, -0.2) is 0 Å². The summed E-state index contributed by atoms with van der Waals surface area (Å²) >= 11 is 0. The Labute approximate surface area is 190 Å². The maximum atomic E-state index is 12.8. The number of carboxylic acids is 1. The molecule has 0 radical (unpaired) electrons. The summed E-state index contributed by atoms with van der Waals surface area (Å²) in [4.78, 5) is 47.9. The number of unbranched alkanes of at least 4 members (excludes halogenated alkanes) is 3. The van der Waals surface area contributed by atoms with Crippen LogP contribution in [0.5, 0.6) is 0 Å². The Bertz CT molecular complexity index is 596. The van der Waals surface area contributed by atoms with Crippen LogP contribution in [0.1, 0.15) is 78.6 Å². The lowest BCUT2D eigenvalue weighted by Crippen LogP contribution is -2.51. The first-order valence-corrected chi connectivity index (χ1v) is 11.4. The minimum Gasteiger partial charge on any atom is -0.481 e. The standard InChI is InChI=1S/C22H41N3O7/c1-4-5-6-12-18(28)31-15-22(2,3)19(20(29)25-14-9-11-17(26)27)32-21(30)16(24)10-7-8-13-23/h16,19H,4-15,23-24H2,1-3H3,(H,25,29)(H,26,27)/t16-,19?/m0/s1. The Balaban J connectivity index is 5.11. The van der Waals surface area contributed by atoms with E-state index in [-0.39, 0.29) is 38.4 Å². The van der Waals surface area contributed by atoms with Crippen molar-refractivity contribution in [1.82, 2.24) is 5.32 Å². The smallest absolute Gasteiger partial charge is 0.323 e. The molecule has 0 saturated heterocycles. The zero-order valence-corrected chi connectivity index (χ0v) is 19.7. The third kappa shape index (κ3) is 13.3. The molecule has 0 heterocycles. The predicted octanol–water partition coefficient (Wildman–Crippen LogP) is 1.49. The number of esters is 2. The van der Waals surface area contributed by atoms with Gasteiger partial charge in [-0.2, -0.15) is 0 Å². The number of carbonyl (C=O) groups is 4. The molecule has 6 N–H and O–H groups in total. The molecule has 0 aromatic heterocycles. The van der Waals surface area contributed by atoms with E-state index in [4.69, 9.17) is 26.0 Å².